The molecule has 1 fully saturated rings. The highest BCUT2D eigenvalue weighted by Gasteiger charge is 2.35. The molecule has 9 heteroatoms. The van der Waals surface area contributed by atoms with Crippen LogP contribution in [0.4, 0.5) is 0 Å². The van der Waals surface area contributed by atoms with E-state index in [1.165, 1.54) is 0 Å². The minimum Gasteiger partial charge on any atom is -0.497 e. The van der Waals surface area contributed by atoms with Crippen molar-refractivity contribution in [3.8, 4) is 16.3 Å². The fourth-order valence-electron chi connectivity index (χ4n) is 3.77. The van der Waals surface area contributed by atoms with E-state index >= 15 is 0 Å². The SMILES string of the molecule is COc1ccc(-c2nc(COCCCCCCN3C[C@H](O)[C@@H](O)[C@H](O)[C@@H](O)C3)cs2)cc1. The molecule has 8 nitrogen and oxygen atoms in total. The molecule has 1 saturated heterocycles. The minimum atomic E-state index is -1.31. The number of aliphatic hydroxyl groups is 4. The van der Waals surface area contributed by atoms with Gasteiger partial charge in [-0.2, -0.15) is 0 Å². The molecule has 4 N–H and O–H groups in total. The first-order chi connectivity index (χ1) is 15.5. The zero-order valence-corrected chi connectivity index (χ0v) is 19.3. The Morgan fingerprint density at radius 1 is 0.969 bits per heavy atom. The van der Waals surface area contributed by atoms with Crippen LogP contribution in [-0.2, 0) is 11.3 Å². The highest BCUT2D eigenvalue weighted by Crippen LogP contribution is 2.26. The highest BCUT2D eigenvalue weighted by atomic mass is 32.1. The van der Waals surface area contributed by atoms with Gasteiger partial charge in [0.25, 0.3) is 0 Å². The summed E-state index contributed by atoms with van der Waals surface area (Å²) in [5, 5.41) is 42.3. The van der Waals surface area contributed by atoms with Crippen molar-refractivity contribution in [3.63, 3.8) is 0 Å². The molecule has 0 saturated carbocycles. The lowest BCUT2D eigenvalue weighted by Crippen LogP contribution is -2.43. The van der Waals surface area contributed by atoms with Gasteiger partial charge >= 0.3 is 0 Å². The second kappa shape index (κ2) is 12.6. The molecule has 32 heavy (non-hydrogen) atoms. The van der Waals surface area contributed by atoms with Crippen molar-refractivity contribution >= 4 is 11.3 Å². The van der Waals surface area contributed by atoms with E-state index in [2.05, 4.69) is 4.98 Å². The summed E-state index contributed by atoms with van der Waals surface area (Å²) in [6, 6.07) is 7.85. The van der Waals surface area contributed by atoms with Crippen LogP contribution in [0.2, 0.25) is 0 Å². The molecule has 0 amide bonds. The lowest BCUT2D eigenvalue weighted by molar-refractivity contribution is -0.0894. The number of nitrogens with zero attached hydrogens (tertiary/aromatic N) is 2. The topological polar surface area (TPSA) is 116 Å². The Labute approximate surface area is 193 Å². The second-order valence-corrected chi connectivity index (χ2v) is 9.07. The quantitative estimate of drug-likeness (QED) is 0.370. The van der Waals surface area contributed by atoms with Crippen LogP contribution >= 0.6 is 11.3 Å². The van der Waals surface area contributed by atoms with E-state index < -0.39 is 24.4 Å². The summed E-state index contributed by atoms with van der Waals surface area (Å²) in [6.07, 6.45) is -0.804. The molecule has 0 unspecified atom stereocenters. The van der Waals surface area contributed by atoms with Gasteiger partial charge in [-0.1, -0.05) is 12.8 Å². The number of hydrogen-bond acceptors (Lipinski definition) is 9. The maximum atomic E-state index is 9.91. The summed E-state index contributed by atoms with van der Waals surface area (Å²) in [5.41, 5.74) is 2.00. The standard InChI is InChI=1S/C23H34N2O6S/c1-30-18-8-6-16(7-9-18)23-24-17(15-32-23)14-31-11-5-3-2-4-10-25-12-19(26)21(28)22(29)20(27)13-25/h6-9,15,19-22,26-29H,2-5,10-14H2,1H3/t19-,20-,21+,22+/m0/s1. The van der Waals surface area contributed by atoms with Gasteiger partial charge in [0.05, 0.1) is 31.6 Å². The number of unbranched alkanes of at least 4 members (excludes halogenated alkanes) is 3. The van der Waals surface area contributed by atoms with E-state index in [4.69, 9.17) is 9.47 Å². The van der Waals surface area contributed by atoms with Gasteiger partial charge in [-0.25, -0.2) is 4.98 Å². The average molecular weight is 467 g/mol. The zero-order valence-electron chi connectivity index (χ0n) is 18.5. The van der Waals surface area contributed by atoms with Crippen LogP contribution in [0.5, 0.6) is 5.75 Å². The van der Waals surface area contributed by atoms with Crippen molar-refractivity contribution in [1.29, 1.82) is 0 Å². The molecule has 0 aliphatic carbocycles. The van der Waals surface area contributed by atoms with Gasteiger partial charge in [0.15, 0.2) is 0 Å². The van der Waals surface area contributed by atoms with Crippen LogP contribution in [0, 0.1) is 0 Å². The molecular weight excluding hydrogens is 432 g/mol. The van der Waals surface area contributed by atoms with Gasteiger partial charge in [0.1, 0.15) is 23.0 Å². The fourth-order valence-corrected chi connectivity index (χ4v) is 4.58. The van der Waals surface area contributed by atoms with Crippen molar-refractivity contribution < 1.29 is 29.9 Å². The Bertz CT molecular complexity index is 786. The zero-order chi connectivity index (χ0) is 22.9. The second-order valence-electron chi connectivity index (χ2n) is 8.21. The first-order valence-corrected chi connectivity index (χ1v) is 12.0. The lowest BCUT2D eigenvalue weighted by Gasteiger charge is -2.23. The number of aromatic nitrogens is 1. The first-order valence-electron chi connectivity index (χ1n) is 11.1. The van der Waals surface area contributed by atoms with Gasteiger partial charge in [-0.15, -0.1) is 11.3 Å². The van der Waals surface area contributed by atoms with E-state index in [0.717, 1.165) is 47.7 Å². The molecule has 0 radical (unpaired) electrons. The van der Waals surface area contributed by atoms with Crippen molar-refractivity contribution in [1.82, 2.24) is 9.88 Å². The summed E-state index contributed by atoms with van der Waals surface area (Å²) >= 11 is 1.60. The molecule has 0 spiro atoms. The third-order valence-corrected chi connectivity index (χ3v) is 6.62. The number of hydrogen-bond donors (Lipinski definition) is 4. The van der Waals surface area contributed by atoms with Gasteiger partial charge in [-0.05, 0) is 43.7 Å². The minimum absolute atomic E-state index is 0.255. The smallest absolute Gasteiger partial charge is 0.123 e. The number of β-amino-alcohol motifs (C(OH)–C–C–N with tert-alkyl or cyclic N) is 2. The molecule has 0 bridgehead atoms. The molecule has 4 atom stereocenters. The predicted octanol–water partition coefficient (Wildman–Crippen LogP) is 1.65. The number of aliphatic hydroxyl groups excluding tert-OH is 4. The molecule has 2 heterocycles. The number of ether oxygens (including phenoxy) is 2. The van der Waals surface area contributed by atoms with Gasteiger partial charge in [0, 0.05) is 30.6 Å². The lowest BCUT2D eigenvalue weighted by atomic mass is 10.1. The molecule has 178 valence electrons. The normalized spacial score (nSPS) is 24.4. The van der Waals surface area contributed by atoms with Crippen molar-refractivity contribution in [2.75, 3.05) is 33.4 Å². The summed E-state index contributed by atoms with van der Waals surface area (Å²) < 4.78 is 10.9. The Hall–Kier alpha value is -1.59. The molecule has 1 aliphatic rings. The van der Waals surface area contributed by atoms with E-state index in [0.29, 0.717) is 19.8 Å². The van der Waals surface area contributed by atoms with Crippen LogP contribution in [0.3, 0.4) is 0 Å². The Kier molecular flexibility index (Phi) is 9.86. The Balaban J connectivity index is 1.27. The molecule has 3 rings (SSSR count). The summed E-state index contributed by atoms with van der Waals surface area (Å²) in [7, 11) is 1.65. The Morgan fingerprint density at radius 3 is 2.28 bits per heavy atom. The van der Waals surface area contributed by atoms with E-state index in [1.54, 1.807) is 18.4 Å². The largest absolute Gasteiger partial charge is 0.497 e. The van der Waals surface area contributed by atoms with Gasteiger partial charge < -0.3 is 29.9 Å². The van der Waals surface area contributed by atoms with E-state index in [-0.39, 0.29) is 13.1 Å². The molecule has 1 aromatic carbocycles. The third kappa shape index (κ3) is 7.21. The number of methoxy groups -OCH3 is 1. The van der Waals surface area contributed by atoms with Crippen molar-refractivity contribution in [2.24, 2.45) is 0 Å². The molecular formula is C23H34N2O6S. The fraction of sp³-hybridized carbons (Fsp3) is 0.609. The monoisotopic (exact) mass is 466 g/mol. The number of likely N-dealkylation sites (tertiary alicyclic amines) is 1. The van der Waals surface area contributed by atoms with E-state index in [9.17, 15) is 20.4 Å². The molecule has 1 aromatic heterocycles. The van der Waals surface area contributed by atoms with Crippen LogP contribution in [0.1, 0.15) is 31.4 Å². The van der Waals surface area contributed by atoms with Crippen LogP contribution in [0.15, 0.2) is 29.6 Å². The number of thiazole rings is 1. The third-order valence-electron chi connectivity index (χ3n) is 5.68. The predicted molar refractivity (Wildman–Crippen MR) is 123 cm³/mol. The Morgan fingerprint density at radius 2 is 1.62 bits per heavy atom. The van der Waals surface area contributed by atoms with E-state index in [1.807, 2.05) is 34.5 Å². The van der Waals surface area contributed by atoms with Crippen LogP contribution in [0.25, 0.3) is 10.6 Å². The first kappa shape index (κ1) is 25.0. The van der Waals surface area contributed by atoms with Gasteiger partial charge in [0.2, 0.25) is 0 Å². The van der Waals surface area contributed by atoms with Gasteiger partial charge in [-0.3, -0.25) is 4.90 Å². The van der Waals surface area contributed by atoms with Crippen LogP contribution < -0.4 is 4.74 Å². The van der Waals surface area contributed by atoms with Crippen LogP contribution in [-0.4, -0.2) is 88.1 Å². The summed E-state index contributed by atoms with van der Waals surface area (Å²) in [5.74, 6) is 0.827. The molecule has 2 aromatic rings. The number of benzene rings is 1. The molecule has 1 aliphatic heterocycles. The highest BCUT2D eigenvalue weighted by molar-refractivity contribution is 7.13. The summed E-state index contributed by atoms with van der Waals surface area (Å²) in [4.78, 5) is 6.53. The number of rotatable bonds is 11. The van der Waals surface area contributed by atoms with Crippen molar-refractivity contribution in [2.45, 2.75) is 56.7 Å². The maximum Gasteiger partial charge on any atom is 0.123 e. The van der Waals surface area contributed by atoms with Crippen molar-refractivity contribution in [3.05, 3.63) is 35.3 Å². The average Bonchev–Trinajstić information content (AvgIpc) is 3.25. The maximum absolute atomic E-state index is 9.91. The summed E-state index contributed by atoms with van der Waals surface area (Å²) in [6.45, 7) is 2.40.